The van der Waals surface area contributed by atoms with Crippen LogP contribution in [0.2, 0.25) is 0 Å². The van der Waals surface area contributed by atoms with E-state index in [0.29, 0.717) is 24.4 Å². The highest BCUT2D eigenvalue weighted by molar-refractivity contribution is 5.79. The van der Waals surface area contributed by atoms with E-state index in [9.17, 15) is 14.4 Å². The lowest BCUT2D eigenvalue weighted by atomic mass is 9.85. The molecule has 0 aromatic heterocycles. The van der Waals surface area contributed by atoms with Crippen LogP contribution in [0.3, 0.4) is 0 Å². The van der Waals surface area contributed by atoms with Crippen LogP contribution in [0.15, 0.2) is 48.5 Å². The molecule has 2 heterocycles. The monoisotopic (exact) mass is 609 g/mol. The van der Waals surface area contributed by atoms with Crippen molar-refractivity contribution in [1.29, 1.82) is 0 Å². The molecule has 0 unspecified atom stereocenters. The van der Waals surface area contributed by atoms with Gasteiger partial charge in [-0.15, -0.1) is 0 Å². The fourth-order valence-electron chi connectivity index (χ4n) is 5.41. The Labute approximate surface area is 261 Å². The number of hydrogen-bond acceptors (Lipinski definition) is 8. The number of carbonyl (C=O) groups excluding carboxylic acids is 3. The van der Waals surface area contributed by atoms with Gasteiger partial charge in [0.25, 0.3) is 0 Å². The van der Waals surface area contributed by atoms with Gasteiger partial charge in [-0.2, -0.15) is 0 Å². The van der Waals surface area contributed by atoms with E-state index in [-0.39, 0.29) is 12.3 Å². The number of nitrogens with one attached hydrogen (secondary N) is 1. The standard InChI is InChI=1S/C34H47N3O7/c1-32(2,3)43-30(39)35-28-25-20-24(14-15-26(25)42-34(7,8)29(28)41-31(40)44-33(4,5)6)21-27(38)37-18-16-36(17-19-37)22-23-12-10-9-11-13-23/h9-15,20,28-29H,16-19,21-22H2,1-8H3,(H,35,39)/t28-,29+/m1/s1. The number of nitrogens with zero attached hydrogens (tertiary/aromatic N) is 2. The second kappa shape index (κ2) is 13.1. The second-order valence-electron chi connectivity index (χ2n) is 14.0. The Balaban J connectivity index is 1.51. The Morgan fingerprint density at radius 3 is 2.14 bits per heavy atom. The summed E-state index contributed by atoms with van der Waals surface area (Å²) in [7, 11) is 0. The number of fused-ring (bicyclic) bond motifs is 1. The molecule has 2 aliphatic heterocycles. The van der Waals surface area contributed by atoms with Crippen LogP contribution in [0.4, 0.5) is 9.59 Å². The number of amides is 2. The van der Waals surface area contributed by atoms with Gasteiger partial charge < -0.3 is 29.2 Å². The molecule has 4 rings (SSSR count). The van der Waals surface area contributed by atoms with Crippen LogP contribution in [0.1, 0.15) is 78.1 Å². The first kappa shape index (κ1) is 33.1. The lowest BCUT2D eigenvalue weighted by Gasteiger charge is -2.44. The van der Waals surface area contributed by atoms with Crippen molar-refractivity contribution < 1.29 is 33.3 Å². The van der Waals surface area contributed by atoms with Gasteiger partial charge in [0.1, 0.15) is 28.6 Å². The molecule has 0 aliphatic carbocycles. The van der Waals surface area contributed by atoms with Crippen LogP contribution < -0.4 is 10.1 Å². The number of rotatable bonds is 6. The Morgan fingerprint density at radius 1 is 0.886 bits per heavy atom. The first-order chi connectivity index (χ1) is 20.5. The predicted molar refractivity (Wildman–Crippen MR) is 166 cm³/mol. The molecule has 0 radical (unpaired) electrons. The fourth-order valence-corrected chi connectivity index (χ4v) is 5.41. The summed E-state index contributed by atoms with van der Waals surface area (Å²) in [5, 5.41) is 2.90. The van der Waals surface area contributed by atoms with Gasteiger partial charge >= 0.3 is 12.2 Å². The van der Waals surface area contributed by atoms with Crippen molar-refractivity contribution >= 4 is 18.2 Å². The van der Waals surface area contributed by atoms with Gasteiger partial charge in [0.05, 0.1) is 6.42 Å². The minimum atomic E-state index is -1.03. The quantitative estimate of drug-likeness (QED) is 0.420. The molecule has 10 nitrogen and oxygen atoms in total. The average molecular weight is 610 g/mol. The lowest BCUT2D eigenvalue weighted by molar-refractivity contribution is -0.132. The number of alkyl carbamates (subject to hydrolysis) is 1. The van der Waals surface area contributed by atoms with Crippen molar-refractivity contribution in [3.63, 3.8) is 0 Å². The number of ether oxygens (including phenoxy) is 4. The third-order valence-electron chi connectivity index (χ3n) is 7.38. The maximum Gasteiger partial charge on any atom is 0.509 e. The topological polar surface area (TPSA) is 107 Å². The average Bonchev–Trinajstić information content (AvgIpc) is 2.90. The van der Waals surface area contributed by atoms with Crippen LogP contribution in [-0.4, -0.2) is 77.0 Å². The molecule has 1 fully saturated rings. The van der Waals surface area contributed by atoms with Crippen molar-refractivity contribution in [3.8, 4) is 5.75 Å². The number of carbonyl (C=O) groups is 3. The first-order valence-corrected chi connectivity index (χ1v) is 15.2. The molecule has 0 saturated carbocycles. The fraction of sp³-hybridized carbons (Fsp3) is 0.559. The van der Waals surface area contributed by atoms with Crippen LogP contribution >= 0.6 is 0 Å². The maximum absolute atomic E-state index is 13.4. The molecule has 44 heavy (non-hydrogen) atoms. The number of benzene rings is 2. The zero-order chi connectivity index (χ0) is 32.3. The molecule has 2 amide bonds. The van der Waals surface area contributed by atoms with Gasteiger partial charge in [-0.3, -0.25) is 9.69 Å². The lowest BCUT2D eigenvalue weighted by Crippen LogP contribution is -2.56. The van der Waals surface area contributed by atoms with Crippen molar-refractivity contribution in [2.24, 2.45) is 0 Å². The molecule has 2 atom stereocenters. The molecule has 1 saturated heterocycles. The molecule has 10 heteroatoms. The minimum Gasteiger partial charge on any atom is -0.484 e. The van der Waals surface area contributed by atoms with Gasteiger partial charge in [-0.1, -0.05) is 36.4 Å². The predicted octanol–water partition coefficient (Wildman–Crippen LogP) is 5.63. The summed E-state index contributed by atoms with van der Waals surface area (Å²) < 4.78 is 23.1. The van der Waals surface area contributed by atoms with E-state index in [4.69, 9.17) is 18.9 Å². The van der Waals surface area contributed by atoms with E-state index in [1.54, 1.807) is 61.5 Å². The van der Waals surface area contributed by atoms with E-state index in [0.717, 1.165) is 25.2 Å². The summed E-state index contributed by atoms with van der Waals surface area (Å²) in [5.74, 6) is 0.547. The number of hydrogen-bond donors (Lipinski definition) is 1. The summed E-state index contributed by atoms with van der Waals surface area (Å²) >= 11 is 0. The molecule has 2 aromatic rings. The van der Waals surface area contributed by atoms with Crippen LogP contribution in [0.5, 0.6) is 5.75 Å². The normalized spacial score (nSPS) is 20.1. The third-order valence-corrected chi connectivity index (χ3v) is 7.38. The minimum absolute atomic E-state index is 0.0274. The summed E-state index contributed by atoms with van der Waals surface area (Å²) in [6, 6.07) is 15.0. The zero-order valence-electron chi connectivity index (χ0n) is 27.3. The zero-order valence-corrected chi connectivity index (χ0v) is 27.3. The Morgan fingerprint density at radius 2 is 1.52 bits per heavy atom. The molecule has 1 N–H and O–H groups in total. The second-order valence-corrected chi connectivity index (χ2v) is 14.0. The van der Waals surface area contributed by atoms with E-state index in [1.165, 1.54) is 5.56 Å². The van der Waals surface area contributed by atoms with Gasteiger partial charge in [-0.25, -0.2) is 9.59 Å². The van der Waals surface area contributed by atoms with Crippen LogP contribution in [0.25, 0.3) is 0 Å². The van der Waals surface area contributed by atoms with Crippen molar-refractivity contribution in [2.75, 3.05) is 26.2 Å². The van der Waals surface area contributed by atoms with Crippen LogP contribution in [-0.2, 0) is 32.0 Å². The van der Waals surface area contributed by atoms with Crippen molar-refractivity contribution in [3.05, 3.63) is 65.2 Å². The van der Waals surface area contributed by atoms with E-state index >= 15 is 0 Å². The molecule has 240 valence electrons. The maximum atomic E-state index is 13.4. The van der Waals surface area contributed by atoms with Crippen molar-refractivity contribution in [2.45, 2.75) is 97.3 Å². The largest absolute Gasteiger partial charge is 0.509 e. The highest BCUT2D eigenvalue weighted by atomic mass is 16.7. The summed E-state index contributed by atoms with van der Waals surface area (Å²) in [5.41, 5.74) is 0.0609. The highest BCUT2D eigenvalue weighted by Crippen LogP contribution is 2.42. The highest BCUT2D eigenvalue weighted by Gasteiger charge is 2.48. The van der Waals surface area contributed by atoms with E-state index in [1.807, 2.05) is 35.2 Å². The molecule has 0 spiro atoms. The Kier molecular flexibility index (Phi) is 9.83. The van der Waals surface area contributed by atoms with Gasteiger partial charge in [-0.05, 0) is 78.6 Å². The SMILES string of the molecule is CC(C)(C)OC(=O)N[C@@H]1c2cc(CC(=O)N3CCN(Cc4ccccc4)CC3)ccc2OC(C)(C)[C@H]1OC(=O)OC(C)(C)C. The van der Waals surface area contributed by atoms with Gasteiger partial charge in [0.15, 0.2) is 6.10 Å². The number of piperazine rings is 1. The van der Waals surface area contributed by atoms with E-state index in [2.05, 4.69) is 22.3 Å². The summed E-state index contributed by atoms with van der Waals surface area (Å²) in [6.07, 6.45) is -2.32. The smallest absolute Gasteiger partial charge is 0.484 e. The van der Waals surface area contributed by atoms with Gasteiger partial charge in [0, 0.05) is 38.3 Å². The molecule has 2 aliphatic rings. The van der Waals surface area contributed by atoms with E-state index < -0.39 is 41.2 Å². The summed E-state index contributed by atoms with van der Waals surface area (Å²) in [4.78, 5) is 43.4. The Bertz CT molecular complexity index is 1320. The molecular weight excluding hydrogens is 562 g/mol. The molecular formula is C34H47N3O7. The molecule has 2 aromatic carbocycles. The third kappa shape index (κ3) is 9.11. The molecule has 0 bridgehead atoms. The van der Waals surface area contributed by atoms with Crippen LogP contribution in [0, 0.1) is 0 Å². The summed E-state index contributed by atoms with van der Waals surface area (Å²) in [6.45, 7) is 17.9. The van der Waals surface area contributed by atoms with Crippen molar-refractivity contribution in [1.82, 2.24) is 15.1 Å². The first-order valence-electron chi connectivity index (χ1n) is 15.2. The van der Waals surface area contributed by atoms with Gasteiger partial charge in [0.2, 0.25) is 5.91 Å². The Hall–Kier alpha value is -3.79.